The van der Waals surface area contributed by atoms with Gasteiger partial charge in [0.2, 0.25) is 0 Å². The van der Waals surface area contributed by atoms with E-state index in [1.165, 1.54) is 10.9 Å². The fourth-order valence-electron chi connectivity index (χ4n) is 2.68. The van der Waals surface area contributed by atoms with Crippen molar-refractivity contribution in [2.24, 2.45) is 7.05 Å². The number of rotatable bonds is 6. The molecule has 2 aromatic heterocycles. The van der Waals surface area contributed by atoms with Crippen LogP contribution in [0.5, 0.6) is 5.75 Å². The van der Waals surface area contributed by atoms with Gasteiger partial charge in [0.1, 0.15) is 11.5 Å². The lowest BCUT2D eigenvalue weighted by molar-refractivity contribution is 0.0943. The summed E-state index contributed by atoms with van der Waals surface area (Å²) < 4.78 is 11.9. The van der Waals surface area contributed by atoms with E-state index in [0.29, 0.717) is 28.3 Å². The van der Waals surface area contributed by atoms with Crippen LogP contribution in [0.3, 0.4) is 0 Å². The van der Waals surface area contributed by atoms with Gasteiger partial charge in [0, 0.05) is 24.4 Å². The van der Waals surface area contributed by atoms with Crippen LogP contribution < -0.4 is 15.4 Å². The number of anilines is 1. The molecule has 8 nitrogen and oxygen atoms in total. The van der Waals surface area contributed by atoms with E-state index in [1.807, 2.05) is 0 Å². The average Bonchev–Trinajstić information content (AvgIpc) is 3.29. The summed E-state index contributed by atoms with van der Waals surface area (Å²) in [6.45, 7) is 2.03. The molecule has 8 heteroatoms. The number of benzene rings is 1. The highest BCUT2D eigenvalue weighted by Gasteiger charge is 2.20. The zero-order valence-corrected chi connectivity index (χ0v) is 15.3. The summed E-state index contributed by atoms with van der Waals surface area (Å²) in [7, 11) is 3.22. The standard InChI is InChI=1S/C19H20N4O4/c1-12-14(7-4-8-16(12)26-3)18(24)21-15-11-23(2)22-17(15)19(25)20-10-13-6-5-9-27-13/h4-9,11H,10H2,1-3H3,(H,20,25)(H,21,24). The molecule has 2 heterocycles. The van der Waals surface area contributed by atoms with Crippen molar-refractivity contribution in [3.63, 3.8) is 0 Å². The van der Waals surface area contributed by atoms with Crippen molar-refractivity contribution < 1.29 is 18.7 Å². The number of aromatic nitrogens is 2. The van der Waals surface area contributed by atoms with Crippen LogP contribution >= 0.6 is 0 Å². The number of aryl methyl sites for hydroxylation is 1. The summed E-state index contributed by atoms with van der Waals surface area (Å²) >= 11 is 0. The Hall–Kier alpha value is -3.55. The van der Waals surface area contributed by atoms with Gasteiger partial charge in [0.25, 0.3) is 11.8 Å². The number of nitrogens with one attached hydrogen (secondary N) is 2. The van der Waals surface area contributed by atoms with E-state index in [9.17, 15) is 9.59 Å². The maximum absolute atomic E-state index is 12.7. The first-order valence-electron chi connectivity index (χ1n) is 8.28. The summed E-state index contributed by atoms with van der Waals surface area (Å²) in [5, 5.41) is 9.62. The maximum Gasteiger partial charge on any atom is 0.274 e. The lowest BCUT2D eigenvalue weighted by Gasteiger charge is -2.10. The zero-order valence-electron chi connectivity index (χ0n) is 15.3. The number of carbonyl (C=O) groups excluding carboxylic acids is 2. The summed E-state index contributed by atoms with van der Waals surface area (Å²) in [4.78, 5) is 25.1. The summed E-state index contributed by atoms with van der Waals surface area (Å²) in [6, 6.07) is 8.71. The number of ether oxygens (including phenoxy) is 1. The number of amides is 2. The first kappa shape index (κ1) is 18.2. The lowest BCUT2D eigenvalue weighted by Crippen LogP contribution is -2.25. The normalized spacial score (nSPS) is 10.5. The Balaban J connectivity index is 1.77. The van der Waals surface area contributed by atoms with Crippen LogP contribution in [0.4, 0.5) is 5.69 Å². The molecule has 0 atom stereocenters. The fraction of sp³-hybridized carbons (Fsp3) is 0.211. The highest BCUT2D eigenvalue weighted by atomic mass is 16.5. The van der Waals surface area contributed by atoms with Crippen LogP contribution in [0.1, 0.15) is 32.2 Å². The molecule has 27 heavy (non-hydrogen) atoms. The van der Waals surface area contributed by atoms with E-state index < -0.39 is 5.91 Å². The minimum atomic E-state index is -0.412. The molecule has 0 saturated heterocycles. The topological polar surface area (TPSA) is 98.4 Å². The van der Waals surface area contributed by atoms with Crippen molar-refractivity contribution in [1.29, 1.82) is 0 Å². The van der Waals surface area contributed by atoms with Crippen LogP contribution in [-0.2, 0) is 13.6 Å². The van der Waals surface area contributed by atoms with Gasteiger partial charge in [-0.15, -0.1) is 0 Å². The van der Waals surface area contributed by atoms with Gasteiger partial charge >= 0.3 is 0 Å². The Kier molecular flexibility index (Phi) is 5.25. The number of hydrogen-bond acceptors (Lipinski definition) is 5. The van der Waals surface area contributed by atoms with Gasteiger partial charge in [-0.05, 0) is 31.2 Å². The second-order valence-electron chi connectivity index (χ2n) is 5.91. The third-order valence-corrected chi connectivity index (χ3v) is 4.04. The molecule has 0 spiro atoms. The second-order valence-corrected chi connectivity index (χ2v) is 5.91. The van der Waals surface area contributed by atoms with E-state index in [0.717, 1.165) is 0 Å². The van der Waals surface area contributed by atoms with Crippen molar-refractivity contribution in [2.75, 3.05) is 12.4 Å². The van der Waals surface area contributed by atoms with Gasteiger partial charge in [-0.2, -0.15) is 5.10 Å². The zero-order chi connectivity index (χ0) is 19.4. The van der Waals surface area contributed by atoms with E-state index in [4.69, 9.17) is 9.15 Å². The Bertz CT molecular complexity index is 960. The Labute approximate surface area is 156 Å². The molecule has 140 valence electrons. The fourth-order valence-corrected chi connectivity index (χ4v) is 2.68. The molecule has 0 saturated carbocycles. The molecule has 0 aliphatic heterocycles. The first-order valence-corrected chi connectivity index (χ1v) is 8.28. The molecular weight excluding hydrogens is 348 g/mol. The van der Waals surface area contributed by atoms with Crippen molar-refractivity contribution in [2.45, 2.75) is 13.5 Å². The largest absolute Gasteiger partial charge is 0.496 e. The van der Waals surface area contributed by atoms with Gasteiger partial charge in [0.15, 0.2) is 5.69 Å². The molecule has 0 unspecified atom stereocenters. The Morgan fingerprint density at radius 2 is 2.04 bits per heavy atom. The lowest BCUT2D eigenvalue weighted by atomic mass is 10.1. The quantitative estimate of drug-likeness (QED) is 0.697. The first-order chi connectivity index (χ1) is 13.0. The Morgan fingerprint density at radius 3 is 2.74 bits per heavy atom. The molecular formula is C19H20N4O4. The van der Waals surface area contributed by atoms with Crippen LogP contribution in [-0.4, -0.2) is 28.7 Å². The van der Waals surface area contributed by atoms with Crippen LogP contribution in [0.2, 0.25) is 0 Å². The van der Waals surface area contributed by atoms with Crippen molar-refractivity contribution >= 4 is 17.5 Å². The molecule has 0 aliphatic rings. The number of methoxy groups -OCH3 is 1. The predicted molar refractivity (Wildman–Crippen MR) is 98.8 cm³/mol. The molecule has 0 aliphatic carbocycles. The number of hydrogen-bond donors (Lipinski definition) is 2. The third kappa shape index (κ3) is 4.00. The van der Waals surface area contributed by atoms with E-state index in [2.05, 4.69) is 15.7 Å². The van der Waals surface area contributed by atoms with Gasteiger partial charge in [-0.1, -0.05) is 6.07 Å². The van der Waals surface area contributed by atoms with E-state index in [1.54, 1.807) is 57.6 Å². The van der Waals surface area contributed by atoms with Crippen LogP contribution in [0.15, 0.2) is 47.2 Å². The Morgan fingerprint density at radius 1 is 1.22 bits per heavy atom. The molecule has 2 amide bonds. The summed E-state index contributed by atoms with van der Waals surface area (Å²) in [6.07, 6.45) is 3.11. The number of carbonyl (C=O) groups is 2. The summed E-state index contributed by atoms with van der Waals surface area (Å²) in [5.41, 5.74) is 1.62. The van der Waals surface area contributed by atoms with Crippen molar-refractivity contribution in [1.82, 2.24) is 15.1 Å². The van der Waals surface area contributed by atoms with E-state index in [-0.39, 0.29) is 18.1 Å². The molecule has 0 radical (unpaired) electrons. The van der Waals surface area contributed by atoms with E-state index >= 15 is 0 Å². The van der Waals surface area contributed by atoms with Gasteiger partial charge in [0.05, 0.1) is 25.6 Å². The monoisotopic (exact) mass is 368 g/mol. The average molecular weight is 368 g/mol. The van der Waals surface area contributed by atoms with Crippen LogP contribution in [0, 0.1) is 6.92 Å². The minimum absolute atomic E-state index is 0.123. The molecule has 3 rings (SSSR count). The second kappa shape index (κ2) is 7.77. The van der Waals surface area contributed by atoms with Crippen LogP contribution in [0.25, 0.3) is 0 Å². The molecule has 0 fully saturated rings. The highest BCUT2D eigenvalue weighted by Crippen LogP contribution is 2.22. The third-order valence-electron chi connectivity index (χ3n) is 4.04. The van der Waals surface area contributed by atoms with Crippen molar-refractivity contribution in [3.8, 4) is 5.75 Å². The van der Waals surface area contributed by atoms with Gasteiger partial charge < -0.3 is 19.8 Å². The molecule has 2 N–H and O–H groups in total. The number of furan rings is 1. The van der Waals surface area contributed by atoms with Gasteiger partial charge in [-0.3, -0.25) is 14.3 Å². The molecule has 0 bridgehead atoms. The molecule has 1 aromatic carbocycles. The smallest absolute Gasteiger partial charge is 0.274 e. The minimum Gasteiger partial charge on any atom is -0.496 e. The summed E-state index contributed by atoms with van der Waals surface area (Å²) in [5.74, 6) is 0.478. The van der Waals surface area contributed by atoms with Crippen molar-refractivity contribution in [3.05, 3.63) is 65.4 Å². The van der Waals surface area contributed by atoms with Gasteiger partial charge in [-0.25, -0.2) is 0 Å². The highest BCUT2D eigenvalue weighted by molar-refractivity contribution is 6.09. The molecule has 3 aromatic rings. The SMILES string of the molecule is COc1cccc(C(=O)Nc2cn(C)nc2C(=O)NCc2ccco2)c1C. The number of nitrogens with zero attached hydrogens (tertiary/aromatic N) is 2. The predicted octanol–water partition coefficient (Wildman–Crippen LogP) is 2.51. The maximum atomic E-state index is 12.7.